The van der Waals surface area contributed by atoms with E-state index in [9.17, 15) is 18.3 Å². The minimum absolute atomic E-state index is 0.229. The predicted octanol–water partition coefficient (Wildman–Crippen LogP) is 2.76. The molecule has 1 aromatic rings. The summed E-state index contributed by atoms with van der Waals surface area (Å²) in [7, 11) is 0. The summed E-state index contributed by atoms with van der Waals surface area (Å²) in [5, 5.41) is 9.58. The van der Waals surface area contributed by atoms with E-state index >= 15 is 0 Å². The van der Waals surface area contributed by atoms with Gasteiger partial charge in [-0.3, -0.25) is 4.90 Å². The minimum Gasteiger partial charge on any atom is -0.492 e. The Morgan fingerprint density at radius 3 is 2.52 bits per heavy atom. The van der Waals surface area contributed by atoms with Crippen molar-refractivity contribution >= 4 is 0 Å². The molecule has 1 saturated heterocycles. The van der Waals surface area contributed by atoms with Gasteiger partial charge in [0.15, 0.2) is 5.60 Å². The summed E-state index contributed by atoms with van der Waals surface area (Å²) in [5.41, 5.74) is -1.43. The van der Waals surface area contributed by atoms with Gasteiger partial charge < -0.3 is 9.84 Å². The molecule has 1 aliphatic heterocycles. The zero-order chi connectivity index (χ0) is 15.5. The first-order valence-corrected chi connectivity index (χ1v) is 7.01. The van der Waals surface area contributed by atoms with E-state index in [1.54, 1.807) is 0 Å². The van der Waals surface area contributed by atoms with Gasteiger partial charge in [0.2, 0.25) is 0 Å². The van der Waals surface area contributed by atoms with Gasteiger partial charge in [-0.2, -0.15) is 13.2 Å². The Hall–Kier alpha value is -1.27. The van der Waals surface area contributed by atoms with E-state index in [0.29, 0.717) is 13.2 Å². The average molecular weight is 303 g/mol. The van der Waals surface area contributed by atoms with Crippen molar-refractivity contribution in [2.45, 2.75) is 31.5 Å². The number of likely N-dealkylation sites (tertiary alicyclic amines) is 1. The number of aliphatic hydroxyl groups is 1. The van der Waals surface area contributed by atoms with E-state index in [1.807, 2.05) is 36.1 Å². The second-order valence-corrected chi connectivity index (χ2v) is 5.54. The fourth-order valence-electron chi connectivity index (χ4n) is 2.43. The first kappa shape index (κ1) is 16.1. The number of hydrogen-bond donors (Lipinski definition) is 1. The molecule has 0 bridgehead atoms. The molecule has 1 heterocycles. The van der Waals surface area contributed by atoms with Gasteiger partial charge in [-0.15, -0.1) is 0 Å². The van der Waals surface area contributed by atoms with E-state index < -0.39 is 11.8 Å². The number of nitrogens with zero attached hydrogens (tertiary/aromatic N) is 1. The zero-order valence-corrected chi connectivity index (χ0v) is 12.0. The van der Waals surface area contributed by atoms with E-state index in [0.717, 1.165) is 11.3 Å². The normalized spacial score (nSPS) is 19.5. The Kier molecular flexibility index (Phi) is 4.78. The molecule has 1 fully saturated rings. The third-order valence-corrected chi connectivity index (χ3v) is 3.88. The summed E-state index contributed by atoms with van der Waals surface area (Å²) in [6.07, 6.45) is -5.10. The summed E-state index contributed by atoms with van der Waals surface area (Å²) in [4.78, 5) is 1.88. The smallest absolute Gasteiger partial charge is 0.417 e. The van der Waals surface area contributed by atoms with Crippen molar-refractivity contribution in [2.24, 2.45) is 0 Å². The molecule has 0 aliphatic carbocycles. The fourth-order valence-corrected chi connectivity index (χ4v) is 2.43. The highest BCUT2D eigenvalue weighted by Gasteiger charge is 2.54. The monoisotopic (exact) mass is 303 g/mol. The van der Waals surface area contributed by atoms with Crippen molar-refractivity contribution in [1.82, 2.24) is 4.90 Å². The molecule has 0 radical (unpaired) electrons. The molecule has 1 aromatic carbocycles. The molecule has 1 N–H and O–H groups in total. The standard InChI is InChI=1S/C15H20F3NO2/c1-12-3-2-4-13(11-12)21-10-9-19-7-5-14(20,6-8-19)15(16,17)18/h2-4,11,20H,5-10H2,1H3. The van der Waals surface area contributed by atoms with Gasteiger partial charge in [-0.1, -0.05) is 12.1 Å². The van der Waals surface area contributed by atoms with Crippen molar-refractivity contribution in [1.29, 1.82) is 0 Å². The van der Waals surface area contributed by atoms with Crippen LogP contribution in [0.5, 0.6) is 5.75 Å². The Morgan fingerprint density at radius 2 is 1.95 bits per heavy atom. The number of alkyl halides is 3. The van der Waals surface area contributed by atoms with Crippen LogP contribution in [0.1, 0.15) is 18.4 Å². The lowest BCUT2D eigenvalue weighted by atomic mass is 9.91. The lowest BCUT2D eigenvalue weighted by molar-refractivity contribution is -0.272. The van der Waals surface area contributed by atoms with Crippen LogP contribution in [-0.2, 0) is 0 Å². The molecular formula is C15H20F3NO2. The number of benzene rings is 1. The lowest BCUT2D eigenvalue weighted by Crippen LogP contribution is -2.53. The average Bonchev–Trinajstić information content (AvgIpc) is 2.40. The predicted molar refractivity (Wildman–Crippen MR) is 73.4 cm³/mol. The number of aryl methyl sites for hydroxylation is 1. The number of piperidine rings is 1. The SMILES string of the molecule is Cc1cccc(OCCN2CCC(O)(C(F)(F)F)CC2)c1. The number of hydrogen-bond acceptors (Lipinski definition) is 3. The lowest BCUT2D eigenvalue weighted by Gasteiger charge is -2.39. The molecule has 0 atom stereocenters. The fraction of sp³-hybridized carbons (Fsp3) is 0.600. The topological polar surface area (TPSA) is 32.7 Å². The van der Waals surface area contributed by atoms with Gasteiger partial charge in [0.1, 0.15) is 12.4 Å². The summed E-state index contributed by atoms with van der Waals surface area (Å²) >= 11 is 0. The summed E-state index contributed by atoms with van der Waals surface area (Å²) in [6.45, 7) is 3.41. The molecule has 21 heavy (non-hydrogen) atoms. The van der Waals surface area contributed by atoms with Crippen LogP contribution in [0.3, 0.4) is 0 Å². The number of rotatable bonds is 4. The van der Waals surface area contributed by atoms with E-state index in [-0.39, 0.29) is 25.9 Å². The highest BCUT2D eigenvalue weighted by Crippen LogP contribution is 2.38. The number of ether oxygens (including phenoxy) is 1. The van der Waals surface area contributed by atoms with Gasteiger partial charge in [-0.05, 0) is 37.5 Å². The van der Waals surface area contributed by atoms with Crippen LogP contribution in [-0.4, -0.2) is 48.0 Å². The van der Waals surface area contributed by atoms with Crippen LogP contribution in [0.15, 0.2) is 24.3 Å². The van der Waals surface area contributed by atoms with Crippen LogP contribution in [0, 0.1) is 6.92 Å². The van der Waals surface area contributed by atoms with Gasteiger partial charge in [-0.25, -0.2) is 0 Å². The molecule has 0 aromatic heterocycles. The van der Waals surface area contributed by atoms with Gasteiger partial charge in [0.05, 0.1) is 0 Å². The largest absolute Gasteiger partial charge is 0.492 e. The Bertz CT molecular complexity index is 468. The maximum atomic E-state index is 12.7. The van der Waals surface area contributed by atoms with Crippen LogP contribution < -0.4 is 4.74 Å². The van der Waals surface area contributed by atoms with E-state index in [2.05, 4.69) is 0 Å². The molecule has 0 saturated carbocycles. The highest BCUT2D eigenvalue weighted by molar-refractivity contribution is 5.27. The van der Waals surface area contributed by atoms with Crippen LogP contribution in [0.4, 0.5) is 13.2 Å². The summed E-state index contributed by atoms with van der Waals surface area (Å²) in [6, 6.07) is 7.63. The van der Waals surface area contributed by atoms with Crippen LogP contribution >= 0.6 is 0 Å². The van der Waals surface area contributed by atoms with Crippen LogP contribution in [0.25, 0.3) is 0 Å². The second-order valence-electron chi connectivity index (χ2n) is 5.54. The third kappa shape index (κ3) is 4.11. The maximum absolute atomic E-state index is 12.7. The molecule has 3 nitrogen and oxygen atoms in total. The first-order valence-electron chi connectivity index (χ1n) is 7.01. The number of halogens is 3. The minimum atomic E-state index is -4.54. The van der Waals surface area contributed by atoms with Gasteiger partial charge >= 0.3 is 6.18 Å². The van der Waals surface area contributed by atoms with Crippen LogP contribution in [0.2, 0.25) is 0 Å². The summed E-state index contributed by atoms with van der Waals surface area (Å²) in [5.74, 6) is 0.763. The molecule has 0 amide bonds. The zero-order valence-electron chi connectivity index (χ0n) is 12.0. The highest BCUT2D eigenvalue weighted by atomic mass is 19.4. The van der Waals surface area contributed by atoms with Crippen molar-refractivity contribution in [3.8, 4) is 5.75 Å². The molecule has 118 valence electrons. The summed E-state index contributed by atoms with van der Waals surface area (Å²) < 4.78 is 43.6. The van der Waals surface area contributed by atoms with Crippen molar-refractivity contribution in [3.63, 3.8) is 0 Å². The maximum Gasteiger partial charge on any atom is 0.417 e. The molecule has 0 unspecified atom stereocenters. The first-order chi connectivity index (χ1) is 9.80. The quantitative estimate of drug-likeness (QED) is 0.928. The van der Waals surface area contributed by atoms with Crippen molar-refractivity contribution < 1.29 is 23.0 Å². The molecule has 6 heteroatoms. The van der Waals surface area contributed by atoms with Gasteiger partial charge in [0.25, 0.3) is 0 Å². The third-order valence-electron chi connectivity index (χ3n) is 3.88. The molecule has 1 aliphatic rings. The van der Waals surface area contributed by atoms with Gasteiger partial charge in [0, 0.05) is 19.6 Å². The Labute approximate surface area is 122 Å². The Morgan fingerprint density at radius 1 is 1.29 bits per heavy atom. The van der Waals surface area contributed by atoms with E-state index in [1.165, 1.54) is 0 Å². The van der Waals surface area contributed by atoms with Crippen molar-refractivity contribution in [2.75, 3.05) is 26.2 Å². The Balaban J connectivity index is 1.75. The van der Waals surface area contributed by atoms with Crippen molar-refractivity contribution in [3.05, 3.63) is 29.8 Å². The molecular weight excluding hydrogens is 283 g/mol. The molecule has 2 rings (SSSR count). The molecule has 0 spiro atoms. The second kappa shape index (κ2) is 6.23. The van der Waals surface area contributed by atoms with E-state index in [4.69, 9.17) is 4.74 Å².